The highest BCUT2D eigenvalue weighted by Gasteiger charge is 2.41. The Labute approximate surface area is 126 Å². The second kappa shape index (κ2) is 5.49. The fraction of sp³-hybridized carbons (Fsp3) is 0.625. The molecule has 0 radical (unpaired) electrons. The lowest BCUT2D eigenvalue weighted by Gasteiger charge is -2.45. The van der Waals surface area contributed by atoms with E-state index in [1.54, 1.807) is 0 Å². The molecular weight excluding hydrogens is 298 g/mol. The molecule has 2 aliphatic rings. The highest BCUT2D eigenvalue weighted by molar-refractivity contribution is 5.28. The van der Waals surface area contributed by atoms with E-state index in [1.807, 2.05) is 0 Å². The topological polar surface area (TPSA) is 32.3 Å². The van der Waals surface area contributed by atoms with Crippen molar-refractivity contribution in [3.05, 3.63) is 35.1 Å². The summed E-state index contributed by atoms with van der Waals surface area (Å²) >= 11 is 0. The molecule has 0 aliphatic carbocycles. The van der Waals surface area contributed by atoms with Crippen molar-refractivity contribution in [1.29, 1.82) is 0 Å². The Morgan fingerprint density at radius 2 is 1.82 bits per heavy atom. The number of fused-ring (bicyclic) bond motifs is 2. The third kappa shape index (κ3) is 3.27. The van der Waals surface area contributed by atoms with E-state index in [-0.39, 0.29) is 18.5 Å². The van der Waals surface area contributed by atoms with E-state index < -0.39 is 23.2 Å². The monoisotopic (exact) mass is 317 g/mol. The van der Waals surface area contributed by atoms with Crippen molar-refractivity contribution in [2.24, 2.45) is 0 Å². The van der Waals surface area contributed by atoms with Crippen LogP contribution in [0.1, 0.15) is 43.2 Å². The third-order valence-corrected chi connectivity index (χ3v) is 4.70. The summed E-state index contributed by atoms with van der Waals surface area (Å²) in [6, 6.07) is 3.44. The third-order valence-electron chi connectivity index (χ3n) is 4.70. The maximum absolute atomic E-state index is 13.3. The van der Waals surface area contributed by atoms with Crippen LogP contribution < -0.4 is 5.32 Å². The predicted molar refractivity (Wildman–Crippen MR) is 73.9 cm³/mol. The summed E-state index contributed by atoms with van der Waals surface area (Å²) in [5, 5.41) is 14.2. The molecule has 2 atom stereocenters. The smallest absolute Gasteiger partial charge is 0.389 e. The molecule has 122 valence electrons. The molecule has 2 fully saturated rings. The lowest BCUT2D eigenvalue weighted by Crippen LogP contribution is -2.56. The minimum Gasteiger partial charge on any atom is -0.389 e. The maximum atomic E-state index is 13.3. The first-order valence-corrected chi connectivity index (χ1v) is 7.59. The number of benzene rings is 1. The molecule has 2 saturated heterocycles. The zero-order valence-corrected chi connectivity index (χ0v) is 12.1. The van der Waals surface area contributed by atoms with Crippen molar-refractivity contribution in [3.63, 3.8) is 0 Å². The number of hydrogen-bond acceptors (Lipinski definition) is 2. The van der Waals surface area contributed by atoms with Crippen molar-refractivity contribution in [3.8, 4) is 0 Å². The number of alkyl halides is 3. The van der Waals surface area contributed by atoms with Gasteiger partial charge in [-0.15, -0.1) is 0 Å². The summed E-state index contributed by atoms with van der Waals surface area (Å²) in [6.45, 7) is 0. The zero-order valence-electron chi connectivity index (χ0n) is 12.1. The van der Waals surface area contributed by atoms with Gasteiger partial charge in [-0.3, -0.25) is 0 Å². The normalized spacial score (nSPS) is 32.0. The van der Waals surface area contributed by atoms with E-state index in [2.05, 4.69) is 5.32 Å². The number of halogens is 4. The van der Waals surface area contributed by atoms with Crippen molar-refractivity contribution in [1.82, 2.24) is 5.32 Å². The fourth-order valence-electron chi connectivity index (χ4n) is 3.86. The molecule has 2 heterocycles. The van der Waals surface area contributed by atoms with Gasteiger partial charge in [0.15, 0.2) is 0 Å². The van der Waals surface area contributed by atoms with Crippen LogP contribution in [-0.4, -0.2) is 22.8 Å². The molecule has 22 heavy (non-hydrogen) atoms. The maximum Gasteiger partial charge on any atom is 0.419 e. The summed E-state index contributed by atoms with van der Waals surface area (Å²) in [7, 11) is 0. The van der Waals surface area contributed by atoms with E-state index >= 15 is 0 Å². The molecule has 2 bridgehead atoms. The lowest BCUT2D eigenvalue weighted by molar-refractivity contribution is -0.140. The molecule has 0 aromatic heterocycles. The first kappa shape index (κ1) is 15.7. The molecule has 1 aromatic carbocycles. The average Bonchev–Trinajstić information content (AvgIpc) is 2.39. The molecule has 2 aliphatic heterocycles. The number of aliphatic hydroxyl groups is 1. The summed E-state index contributed by atoms with van der Waals surface area (Å²) in [5.74, 6) is -1.27. The number of hydrogen-bond donors (Lipinski definition) is 2. The van der Waals surface area contributed by atoms with Crippen LogP contribution in [-0.2, 0) is 12.6 Å². The molecule has 3 rings (SSSR count). The van der Waals surface area contributed by atoms with Crippen LogP contribution in [0.4, 0.5) is 17.6 Å². The van der Waals surface area contributed by atoms with E-state index in [0.29, 0.717) is 18.4 Å². The number of nitrogens with one attached hydrogen (secondary N) is 1. The highest BCUT2D eigenvalue weighted by atomic mass is 19.4. The molecule has 2 N–H and O–H groups in total. The SMILES string of the molecule is OC1(Cc2ccc(F)c(C(F)(F)F)c2)CC2CCCC(C1)N2. The molecule has 2 unspecified atom stereocenters. The summed E-state index contributed by atoms with van der Waals surface area (Å²) in [4.78, 5) is 0. The second-order valence-corrected chi connectivity index (χ2v) is 6.61. The Hall–Kier alpha value is -1.14. The molecule has 1 aromatic rings. The Kier molecular flexibility index (Phi) is 3.93. The van der Waals surface area contributed by atoms with E-state index in [4.69, 9.17) is 0 Å². The second-order valence-electron chi connectivity index (χ2n) is 6.61. The van der Waals surface area contributed by atoms with Crippen molar-refractivity contribution < 1.29 is 22.7 Å². The van der Waals surface area contributed by atoms with E-state index in [9.17, 15) is 22.7 Å². The Balaban J connectivity index is 1.81. The molecule has 6 heteroatoms. The largest absolute Gasteiger partial charge is 0.419 e. The highest BCUT2D eigenvalue weighted by Crippen LogP contribution is 2.37. The molecule has 0 spiro atoms. The van der Waals surface area contributed by atoms with Gasteiger partial charge in [0.1, 0.15) is 5.82 Å². The van der Waals surface area contributed by atoms with Gasteiger partial charge >= 0.3 is 6.18 Å². The number of piperidine rings is 2. The number of rotatable bonds is 2. The minimum atomic E-state index is -4.71. The standard InChI is InChI=1S/C16H19F4NO/c17-14-5-4-10(6-13(14)16(18,19)20)7-15(22)8-11-2-1-3-12(9-15)21-11/h4-6,11-12,21-22H,1-3,7-9H2. The van der Waals surface area contributed by atoms with Gasteiger partial charge in [0.2, 0.25) is 0 Å². The van der Waals surface area contributed by atoms with Crippen molar-refractivity contribution in [2.45, 2.75) is 62.4 Å². The first-order valence-electron chi connectivity index (χ1n) is 7.59. The average molecular weight is 317 g/mol. The van der Waals surface area contributed by atoms with Crippen molar-refractivity contribution in [2.75, 3.05) is 0 Å². The lowest BCUT2D eigenvalue weighted by atomic mass is 9.74. The van der Waals surface area contributed by atoms with Crippen LogP contribution in [0.5, 0.6) is 0 Å². The van der Waals surface area contributed by atoms with Crippen LogP contribution in [0.15, 0.2) is 18.2 Å². The van der Waals surface area contributed by atoms with Crippen LogP contribution >= 0.6 is 0 Å². The molecular formula is C16H19F4NO. The van der Waals surface area contributed by atoms with Crippen LogP contribution in [0.25, 0.3) is 0 Å². The molecule has 2 nitrogen and oxygen atoms in total. The molecule has 0 saturated carbocycles. The summed E-state index contributed by atoms with van der Waals surface area (Å²) in [5.41, 5.74) is -1.94. The van der Waals surface area contributed by atoms with Gasteiger partial charge < -0.3 is 10.4 Å². The van der Waals surface area contributed by atoms with Gasteiger partial charge in [-0.05, 0) is 43.4 Å². The summed E-state index contributed by atoms with van der Waals surface area (Å²) in [6.07, 6.45) is -0.442. The first-order chi connectivity index (χ1) is 10.3. The summed E-state index contributed by atoms with van der Waals surface area (Å²) < 4.78 is 51.7. The Bertz CT molecular complexity index is 546. The van der Waals surface area contributed by atoms with Crippen LogP contribution in [0.2, 0.25) is 0 Å². The van der Waals surface area contributed by atoms with Crippen LogP contribution in [0.3, 0.4) is 0 Å². The van der Waals surface area contributed by atoms with Gasteiger partial charge in [-0.25, -0.2) is 4.39 Å². The van der Waals surface area contributed by atoms with Gasteiger partial charge in [-0.1, -0.05) is 12.5 Å². The Morgan fingerprint density at radius 3 is 2.41 bits per heavy atom. The Morgan fingerprint density at radius 1 is 1.18 bits per heavy atom. The quantitative estimate of drug-likeness (QED) is 0.819. The molecule has 0 amide bonds. The van der Waals surface area contributed by atoms with Crippen LogP contribution in [0, 0.1) is 5.82 Å². The fourth-order valence-corrected chi connectivity index (χ4v) is 3.86. The van der Waals surface area contributed by atoms with E-state index in [0.717, 1.165) is 31.4 Å². The van der Waals surface area contributed by atoms with E-state index in [1.165, 1.54) is 6.07 Å². The van der Waals surface area contributed by atoms with Gasteiger partial charge in [0.25, 0.3) is 0 Å². The predicted octanol–water partition coefficient (Wildman–Crippen LogP) is 3.42. The van der Waals surface area contributed by atoms with Gasteiger partial charge in [-0.2, -0.15) is 13.2 Å². The van der Waals surface area contributed by atoms with Gasteiger partial charge in [0.05, 0.1) is 11.2 Å². The van der Waals surface area contributed by atoms with Crippen molar-refractivity contribution >= 4 is 0 Å². The minimum absolute atomic E-state index is 0.130. The zero-order chi connectivity index (χ0) is 16.0. The van der Waals surface area contributed by atoms with Gasteiger partial charge in [0, 0.05) is 18.5 Å².